The molecule has 0 aliphatic carbocycles. The van der Waals surface area contributed by atoms with Crippen molar-refractivity contribution in [3.05, 3.63) is 153 Å². The van der Waals surface area contributed by atoms with Crippen molar-refractivity contribution in [1.82, 2.24) is 59.3 Å². The van der Waals surface area contributed by atoms with Crippen LogP contribution in [0.2, 0.25) is 20.1 Å². The van der Waals surface area contributed by atoms with E-state index >= 15 is 0 Å². The van der Waals surface area contributed by atoms with Gasteiger partial charge in [0, 0.05) is 153 Å². The van der Waals surface area contributed by atoms with Crippen molar-refractivity contribution in [1.29, 1.82) is 0 Å². The first-order chi connectivity index (χ1) is 62.4. The number of aliphatic hydroxyl groups excluding tert-OH is 1. The fourth-order valence-electron chi connectivity index (χ4n) is 13.7. The van der Waals surface area contributed by atoms with Crippen LogP contribution in [0.4, 0.5) is 10.9 Å². The quantitative estimate of drug-likeness (QED) is 0.0341. The van der Waals surface area contributed by atoms with Crippen LogP contribution in [0, 0.1) is 0 Å². The molecule has 7 aromatic heterocycles. The molecule has 0 amide bonds. The van der Waals surface area contributed by atoms with Gasteiger partial charge in [0.15, 0.2) is 10.9 Å². The molecule has 3 aliphatic heterocycles. The van der Waals surface area contributed by atoms with E-state index in [-0.39, 0.29) is 34.1 Å². The number of nitrogens with one attached hydrogen (secondary N) is 2. The molecule has 5 aromatic carbocycles. The van der Waals surface area contributed by atoms with Gasteiger partial charge in [0.1, 0.15) is 118 Å². The highest BCUT2D eigenvalue weighted by molar-refractivity contribution is 7.14. The van der Waals surface area contributed by atoms with Gasteiger partial charge >= 0.3 is 0 Å². The summed E-state index contributed by atoms with van der Waals surface area (Å²) in [6, 6.07) is 38.6. The number of rotatable bonds is 31. The van der Waals surface area contributed by atoms with Gasteiger partial charge in [0.25, 0.3) is 0 Å². The van der Waals surface area contributed by atoms with Crippen LogP contribution in [0.15, 0.2) is 133 Å². The third kappa shape index (κ3) is 31.8. The molecule has 12 aromatic rings. The highest BCUT2D eigenvalue weighted by Crippen LogP contribution is 2.43. The number of methoxy groups -OCH3 is 1. The average Bonchev–Trinajstić information content (AvgIpc) is 1.45. The molecule has 0 saturated carbocycles. The number of aliphatic hydroxyl groups is 1. The molecule has 0 radical (unpaired) electrons. The van der Waals surface area contributed by atoms with E-state index in [9.17, 15) is 5.11 Å². The molecule has 132 heavy (non-hydrogen) atoms. The molecular weight excluding hydrogens is 1780 g/mol. The van der Waals surface area contributed by atoms with E-state index in [0.29, 0.717) is 142 Å². The highest BCUT2D eigenvalue weighted by atomic mass is 35.5. The van der Waals surface area contributed by atoms with Crippen molar-refractivity contribution < 1.29 is 61.9 Å². The number of aromatic nitrogens is 8. The van der Waals surface area contributed by atoms with Crippen LogP contribution in [-0.4, -0.2) is 250 Å². The van der Waals surface area contributed by atoms with Crippen molar-refractivity contribution in [2.75, 3.05) is 150 Å². The van der Waals surface area contributed by atoms with Crippen LogP contribution >= 0.6 is 57.7 Å². The third-order valence-electron chi connectivity index (χ3n) is 19.6. The van der Waals surface area contributed by atoms with Crippen molar-refractivity contribution in [3.8, 4) is 75.1 Å². The Kier molecular flexibility index (Phi) is 36.4. The van der Waals surface area contributed by atoms with E-state index in [1.165, 1.54) is 19.5 Å². The lowest BCUT2D eigenvalue weighted by atomic mass is 10.1. The summed E-state index contributed by atoms with van der Waals surface area (Å²) < 4.78 is 72.1. The zero-order valence-electron chi connectivity index (χ0n) is 80.5. The van der Waals surface area contributed by atoms with Gasteiger partial charge in [-0.05, 0) is 226 Å². The molecule has 10 heterocycles. The molecule has 0 spiro atoms. The number of thiazole rings is 1. The largest absolute Gasteiger partial charge is 0.491 e. The fraction of sp³-hybridized carbons (Fsp3) is 0.490. The highest BCUT2D eigenvalue weighted by Gasteiger charge is 2.28. The first-order valence-corrected chi connectivity index (χ1v) is 47.4. The summed E-state index contributed by atoms with van der Waals surface area (Å²) in [5.41, 5.74) is 3.36. The van der Waals surface area contributed by atoms with E-state index in [1.54, 1.807) is 23.1 Å². The predicted octanol–water partition coefficient (Wildman–Crippen LogP) is 21.4. The Balaban J connectivity index is 0.000000161. The maximum atomic E-state index is 9.30. The van der Waals surface area contributed by atoms with Crippen molar-refractivity contribution in [3.63, 3.8) is 0 Å². The number of benzene rings is 5. The van der Waals surface area contributed by atoms with Gasteiger partial charge in [-0.25, -0.2) is 34.6 Å². The number of anilines is 2. The first-order valence-electron chi connectivity index (χ1n) is 45.0. The second kappa shape index (κ2) is 46.6. The average molecular weight is 1910 g/mol. The minimum Gasteiger partial charge on any atom is -0.491 e. The maximum Gasteiger partial charge on any atom is 0.217 e. The molecule has 15 rings (SSSR count). The van der Waals surface area contributed by atoms with E-state index in [2.05, 4.69) is 78.0 Å². The topological polar surface area (TPSA) is 263 Å². The van der Waals surface area contributed by atoms with E-state index in [0.717, 1.165) is 136 Å². The van der Waals surface area contributed by atoms with E-state index in [4.69, 9.17) is 118 Å². The smallest absolute Gasteiger partial charge is 0.217 e. The standard InChI is InChI=1S/C25H33ClN4O3S.C22H30N4O3.C18H23ClN2O3.C18H23ClN2O2.C17H23ClN2O2/c1-16(2)27-24-29-19(15-34-24)18-14-21(33-25(3,4)5)17-6-7-20(22(26)23(17)28-18)32-13-10-30-8-11-31-12-9-30;1-15(2)23-20-9-10-26(25-20)21-14-19(29-22(3,4)5)17-8-7-16(13-18(17)24-21)28-12-11-27-6;1-18(2,3)24-15-9-16(23-8-7-21-10-12(22)11-21)20-17-13(15)5-4-6-14(17)19;1-18(2,3)23-15-12-16(22-11-10-21-8-5-9-21)20-17-13(15)6-4-7-14(17)19;1-17(2,3)22-14-11-15(21-10-9-20(4)5)19-16-12(14)7-6-8-13(16)18/h6-7,14-16H,8-13H2,1-5H3,(H,27,29);7-10,13-15H,11-12H2,1-6H3,(H,23,25);4-6,9,12,22H,7-8,10-11H2,1-3H3;4,6-7,12H,5,8-11H2,1-3H3;6-8,11H,9-10H2,1-5H3. The van der Waals surface area contributed by atoms with Gasteiger partial charge in [-0.15, -0.1) is 16.4 Å². The van der Waals surface area contributed by atoms with E-state index < -0.39 is 0 Å². The number of morpholine rings is 1. The van der Waals surface area contributed by atoms with Gasteiger partial charge in [0.05, 0.1) is 74.3 Å². The number of ether oxygens (including phenoxy) is 12. The van der Waals surface area contributed by atoms with Crippen LogP contribution in [0.5, 0.6) is 57.9 Å². The summed E-state index contributed by atoms with van der Waals surface area (Å²) in [6.07, 6.45) is 2.97. The molecule has 27 nitrogen and oxygen atoms in total. The van der Waals surface area contributed by atoms with E-state index in [1.807, 2.05) is 251 Å². The van der Waals surface area contributed by atoms with Crippen LogP contribution in [0.1, 0.15) is 138 Å². The summed E-state index contributed by atoms with van der Waals surface area (Å²) in [5, 5.41) is 30.1. The minimum absolute atomic E-state index is 0.200. The number of likely N-dealkylation sites (tertiary alicyclic amines) is 2. The molecule has 0 bridgehead atoms. The number of hydrogen-bond donors (Lipinski definition) is 3. The molecule has 714 valence electrons. The monoisotopic (exact) mass is 1910 g/mol. The zero-order chi connectivity index (χ0) is 95.4. The molecule has 3 fully saturated rings. The Bertz CT molecular complexity index is 5760. The molecule has 3 N–H and O–H groups in total. The van der Waals surface area contributed by atoms with Gasteiger partial charge in [-0.2, -0.15) is 0 Å². The number of likely N-dealkylation sites (N-methyl/N-ethyl adjacent to an activating group) is 1. The Hall–Kier alpha value is -9.53. The maximum absolute atomic E-state index is 9.30. The number of halogens is 4. The summed E-state index contributed by atoms with van der Waals surface area (Å²) >= 11 is 27.3. The number of hydrogen-bond acceptors (Lipinski definition) is 27. The van der Waals surface area contributed by atoms with Gasteiger partial charge in [-0.1, -0.05) is 64.6 Å². The summed E-state index contributed by atoms with van der Waals surface area (Å²) in [6.45, 7) is 52.3. The predicted molar refractivity (Wildman–Crippen MR) is 535 cm³/mol. The summed E-state index contributed by atoms with van der Waals surface area (Å²) in [5.74, 6) is 8.11. The number of nitrogens with zero attached hydrogens (tertiary/aromatic N) is 12. The van der Waals surface area contributed by atoms with Gasteiger partial charge < -0.3 is 77.5 Å². The Labute approximate surface area is 801 Å². The second-order valence-corrected chi connectivity index (χ2v) is 40.6. The summed E-state index contributed by atoms with van der Waals surface area (Å²) in [4.78, 5) is 36.9. The van der Waals surface area contributed by atoms with Gasteiger partial charge in [-0.3, -0.25) is 14.7 Å². The lowest BCUT2D eigenvalue weighted by Gasteiger charge is -2.35. The number of fused-ring (bicyclic) bond motifs is 5. The Morgan fingerprint density at radius 1 is 0.462 bits per heavy atom. The van der Waals surface area contributed by atoms with Crippen molar-refractivity contribution in [2.45, 2.75) is 184 Å². The van der Waals surface area contributed by atoms with Gasteiger partial charge in [0.2, 0.25) is 17.6 Å². The lowest BCUT2D eigenvalue weighted by Crippen LogP contribution is -2.51. The van der Waals surface area contributed by atoms with Crippen LogP contribution in [0.3, 0.4) is 0 Å². The molecular formula is C100H132Cl4N14O13S. The van der Waals surface area contributed by atoms with Crippen molar-refractivity contribution >= 4 is 123 Å². The Morgan fingerprint density at radius 2 is 0.924 bits per heavy atom. The Morgan fingerprint density at radius 3 is 1.39 bits per heavy atom. The third-order valence-corrected chi connectivity index (χ3v) is 21.7. The van der Waals surface area contributed by atoms with Crippen LogP contribution in [0.25, 0.3) is 71.7 Å². The number of β-amino-alcohol motifs (C(OH)–C–C–N with tert-alkyl or cyclic N) is 1. The molecule has 32 heteroatoms. The molecule has 3 saturated heterocycles. The molecule has 0 atom stereocenters. The lowest BCUT2D eigenvalue weighted by molar-refractivity contribution is -0.00412. The zero-order valence-corrected chi connectivity index (χ0v) is 84.3. The normalized spacial score (nSPS) is 14.1. The van der Waals surface area contributed by atoms with Crippen molar-refractivity contribution in [2.24, 2.45) is 0 Å². The minimum atomic E-state index is -0.377. The second-order valence-electron chi connectivity index (χ2n) is 38.2. The number of para-hydroxylation sites is 3. The first kappa shape index (κ1) is 103. The summed E-state index contributed by atoms with van der Waals surface area (Å²) in [7, 11) is 5.66. The number of pyridine rings is 5. The SMILES string of the molecule is CC(C)(C)Oc1cc(OCCN2CC(O)C2)nc2c(Cl)cccc12.CC(C)(C)Oc1cc(OCCN2CCC2)nc2c(Cl)cccc12.CC(C)Nc1nc(-c2cc(OC(C)(C)C)c3ccc(OCCN4CCOCC4)c(Cl)c3n2)cs1.CN(C)CCOc1cc(OC(C)(C)C)c2cccc(Cl)c2n1.COCCOc1ccc2c(OC(C)(C)C)cc(-n3ccc(NC(C)C)n3)nc2c1. The van der Waals surface area contributed by atoms with Crippen LogP contribution in [-0.2, 0) is 9.47 Å². The fourth-order valence-corrected chi connectivity index (χ4v) is 15.5. The molecule has 3 aliphatic rings. The van der Waals surface area contributed by atoms with Crippen LogP contribution < -0.4 is 58.0 Å². The molecule has 0 unspecified atom stereocenters.